The van der Waals surface area contributed by atoms with Crippen LogP contribution in [0.4, 0.5) is 0 Å². The Morgan fingerprint density at radius 3 is 2.25 bits per heavy atom. The maximum atomic E-state index is 12.9. The molecule has 3 aromatic rings. The van der Waals surface area contributed by atoms with Gasteiger partial charge in [-0.05, 0) is 49.1 Å². The van der Waals surface area contributed by atoms with Gasteiger partial charge < -0.3 is 19.3 Å². The van der Waals surface area contributed by atoms with Gasteiger partial charge in [-0.3, -0.25) is 9.13 Å². The first kappa shape index (κ1) is 23.8. The number of nitrogens with one attached hydrogen (secondary N) is 1. The van der Waals surface area contributed by atoms with Crippen LogP contribution in [0.5, 0.6) is 11.5 Å². The minimum Gasteiger partial charge on any atom is -0.508 e. The molecule has 0 amide bonds. The Morgan fingerprint density at radius 2 is 1.69 bits per heavy atom. The van der Waals surface area contributed by atoms with Crippen molar-refractivity contribution in [2.75, 3.05) is 13.2 Å². The smallest absolute Gasteiger partial charge is 0.361 e. The molecule has 1 heterocycles. The first-order valence-corrected chi connectivity index (χ1v) is 11.9. The van der Waals surface area contributed by atoms with E-state index in [9.17, 15) is 19.6 Å². The Bertz CT molecular complexity index is 1170. The van der Waals surface area contributed by atoms with Crippen molar-refractivity contribution in [3.63, 3.8) is 0 Å². The van der Waals surface area contributed by atoms with Crippen LogP contribution in [0.2, 0.25) is 0 Å². The van der Waals surface area contributed by atoms with Crippen molar-refractivity contribution in [2.24, 2.45) is 0 Å². The van der Waals surface area contributed by atoms with Crippen molar-refractivity contribution in [1.82, 2.24) is 14.8 Å². The van der Waals surface area contributed by atoms with E-state index in [2.05, 4.69) is 10.2 Å². The Labute approximate surface area is 186 Å². The normalized spacial score (nSPS) is 11.9. The molecule has 3 N–H and O–H groups in total. The van der Waals surface area contributed by atoms with Gasteiger partial charge in [-0.15, -0.1) is 0 Å². The van der Waals surface area contributed by atoms with Crippen molar-refractivity contribution >= 4 is 12.9 Å². The number of H-pyrrole nitrogens is 1. The lowest BCUT2D eigenvalue weighted by Crippen LogP contribution is -2.19. The summed E-state index contributed by atoms with van der Waals surface area (Å²) >= 11 is 0. The topological polar surface area (TPSA) is 127 Å². The molecule has 3 rings (SSSR count). The lowest BCUT2D eigenvalue weighted by atomic mass is 9.98. The van der Waals surface area contributed by atoms with Gasteiger partial charge in [-0.1, -0.05) is 26.0 Å². The number of benzene rings is 2. The van der Waals surface area contributed by atoms with Crippen molar-refractivity contribution in [1.29, 1.82) is 0 Å². The summed E-state index contributed by atoms with van der Waals surface area (Å²) in [6.07, 6.45) is 0. The molecule has 0 aliphatic heterocycles. The van der Waals surface area contributed by atoms with E-state index < -0.39 is 13.3 Å². The second kappa shape index (κ2) is 9.73. The first-order chi connectivity index (χ1) is 15.2. The number of aromatic nitrogens is 3. The molecule has 0 unspecified atom stereocenters. The van der Waals surface area contributed by atoms with E-state index in [4.69, 9.17) is 9.05 Å². The molecule has 0 aliphatic rings. The van der Waals surface area contributed by atoms with Crippen molar-refractivity contribution < 1.29 is 23.8 Å². The number of nitrogens with zero attached hydrogens (tertiary/aromatic N) is 2. The van der Waals surface area contributed by atoms with Gasteiger partial charge in [0.15, 0.2) is 5.82 Å². The molecule has 0 atom stereocenters. The fourth-order valence-electron chi connectivity index (χ4n) is 3.40. The second-order valence-corrected chi connectivity index (χ2v) is 9.55. The molecule has 0 fully saturated rings. The van der Waals surface area contributed by atoms with E-state index in [0.717, 1.165) is 5.56 Å². The van der Waals surface area contributed by atoms with E-state index in [1.807, 2.05) is 13.8 Å². The average molecular weight is 461 g/mol. The molecule has 0 saturated carbocycles. The Hall–Kier alpha value is -2.87. The minimum atomic E-state index is -3.40. The van der Waals surface area contributed by atoms with Crippen LogP contribution in [0.3, 0.4) is 0 Å². The highest BCUT2D eigenvalue weighted by Gasteiger charge is 2.26. The monoisotopic (exact) mass is 461 g/mol. The van der Waals surface area contributed by atoms with Gasteiger partial charge in [0.2, 0.25) is 0 Å². The molecule has 0 spiro atoms. The predicted molar refractivity (Wildman–Crippen MR) is 122 cm³/mol. The molecule has 172 valence electrons. The highest BCUT2D eigenvalue weighted by atomic mass is 31.2. The lowest BCUT2D eigenvalue weighted by molar-refractivity contribution is 0.230. The SMILES string of the molecule is CCOP(=O)(OCC)c1ccc(Cn2c(-c3cc(C(C)C)c(O)cc3O)n[nH]c2=O)cc1. The van der Waals surface area contributed by atoms with Crippen LogP contribution < -0.4 is 11.0 Å². The van der Waals surface area contributed by atoms with Crippen molar-refractivity contribution in [2.45, 2.75) is 40.2 Å². The minimum absolute atomic E-state index is 0.00683. The Balaban J connectivity index is 1.96. The number of hydrogen-bond donors (Lipinski definition) is 3. The van der Waals surface area contributed by atoms with Crippen LogP contribution >= 0.6 is 7.60 Å². The summed E-state index contributed by atoms with van der Waals surface area (Å²) in [7, 11) is -3.40. The molecule has 0 radical (unpaired) electrons. The Kier molecular flexibility index (Phi) is 7.23. The van der Waals surface area contributed by atoms with Crippen LogP contribution in [-0.2, 0) is 20.2 Å². The number of phenolic OH excluding ortho intramolecular Hbond substituents is 2. The van der Waals surface area contributed by atoms with Crippen LogP contribution in [-0.4, -0.2) is 38.2 Å². The standard InChI is InChI=1S/C22H28N3O6P/c1-5-30-32(29,31-6-2)16-9-7-15(8-10-16)13-25-21(23-24-22(25)28)18-11-17(14(3)4)19(26)12-20(18)27/h7-12,14,26-27H,5-6,13H2,1-4H3,(H,24,28). The number of phenols is 2. The third-order valence-corrected chi connectivity index (χ3v) is 7.08. The van der Waals surface area contributed by atoms with E-state index in [1.165, 1.54) is 10.6 Å². The van der Waals surface area contributed by atoms with Gasteiger partial charge in [-0.25, -0.2) is 9.89 Å². The van der Waals surface area contributed by atoms with Gasteiger partial charge in [0.25, 0.3) is 0 Å². The molecule has 9 nitrogen and oxygen atoms in total. The molecule has 1 aromatic heterocycles. The summed E-state index contributed by atoms with van der Waals surface area (Å²) < 4.78 is 25.0. The van der Waals surface area contributed by atoms with E-state index >= 15 is 0 Å². The van der Waals surface area contributed by atoms with Crippen molar-refractivity contribution in [3.8, 4) is 22.9 Å². The fourth-order valence-corrected chi connectivity index (χ4v) is 4.96. The number of aromatic amines is 1. The first-order valence-electron chi connectivity index (χ1n) is 10.4. The molecule has 0 saturated heterocycles. The molecule has 10 heteroatoms. The van der Waals surface area contributed by atoms with E-state index in [1.54, 1.807) is 44.2 Å². The van der Waals surface area contributed by atoms with Crippen LogP contribution in [0.15, 0.2) is 41.2 Å². The maximum Gasteiger partial charge on any atom is 0.361 e. The second-order valence-electron chi connectivity index (χ2n) is 7.52. The Morgan fingerprint density at radius 1 is 1.06 bits per heavy atom. The van der Waals surface area contributed by atoms with Gasteiger partial charge in [0.1, 0.15) is 11.5 Å². The highest BCUT2D eigenvalue weighted by Crippen LogP contribution is 2.46. The summed E-state index contributed by atoms with van der Waals surface area (Å²) in [4.78, 5) is 12.4. The zero-order chi connectivity index (χ0) is 23.5. The van der Waals surface area contributed by atoms with Gasteiger partial charge >= 0.3 is 13.3 Å². The van der Waals surface area contributed by atoms with Crippen LogP contribution in [0, 0.1) is 0 Å². The third kappa shape index (κ3) is 4.80. The molecular weight excluding hydrogens is 433 g/mol. The van der Waals surface area contributed by atoms with Crippen molar-refractivity contribution in [3.05, 3.63) is 58.0 Å². The zero-order valence-corrected chi connectivity index (χ0v) is 19.4. The number of hydrogen-bond acceptors (Lipinski definition) is 7. The number of rotatable bonds is 9. The average Bonchev–Trinajstić information content (AvgIpc) is 3.09. The lowest BCUT2D eigenvalue weighted by Gasteiger charge is -2.17. The van der Waals surface area contributed by atoms with E-state index in [0.29, 0.717) is 16.4 Å². The largest absolute Gasteiger partial charge is 0.508 e. The molecular formula is C22H28N3O6P. The molecule has 2 aromatic carbocycles. The predicted octanol–water partition coefficient (Wildman–Crippen LogP) is 3.71. The summed E-state index contributed by atoms with van der Waals surface area (Å²) in [5.74, 6) is 0.0475. The van der Waals surface area contributed by atoms with Gasteiger partial charge in [-0.2, -0.15) is 5.10 Å². The van der Waals surface area contributed by atoms with E-state index in [-0.39, 0.29) is 43.0 Å². The molecule has 0 aliphatic carbocycles. The van der Waals surface area contributed by atoms with Gasteiger partial charge in [0, 0.05) is 6.07 Å². The molecule has 0 bridgehead atoms. The van der Waals surface area contributed by atoms with Crippen LogP contribution in [0.1, 0.15) is 44.7 Å². The summed E-state index contributed by atoms with van der Waals surface area (Å²) in [6.45, 7) is 7.99. The summed E-state index contributed by atoms with van der Waals surface area (Å²) in [5.41, 5.74) is 1.27. The maximum absolute atomic E-state index is 12.9. The fraction of sp³-hybridized carbons (Fsp3) is 0.364. The van der Waals surface area contributed by atoms with Gasteiger partial charge in [0.05, 0.1) is 30.6 Å². The molecule has 32 heavy (non-hydrogen) atoms. The quantitative estimate of drug-likeness (QED) is 0.415. The highest BCUT2D eigenvalue weighted by molar-refractivity contribution is 7.62. The van der Waals surface area contributed by atoms with Crippen LogP contribution in [0.25, 0.3) is 11.4 Å². The summed E-state index contributed by atoms with van der Waals surface area (Å²) in [6, 6.07) is 9.66. The zero-order valence-electron chi connectivity index (χ0n) is 18.5. The number of aromatic hydroxyl groups is 2. The third-order valence-electron chi connectivity index (χ3n) is 4.96. The summed E-state index contributed by atoms with van der Waals surface area (Å²) in [5, 5.41) is 27.4.